The van der Waals surface area contributed by atoms with Gasteiger partial charge in [0.1, 0.15) is 5.76 Å². The summed E-state index contributed by atoms with van der Waals surface area (Å²) < 4.78 is 7.51. The van der Waals surface area contributed by atoms with Crippen molar-refractivity contribution < 1.29 is 14.3 Å². The molecular weight excluding hydrogens is 366 g/mol. The van der Waals surface area contributed by atoms with Gasteiger partial charge >= 0.3 is 5.97 Å². The molecule has 0 bridgehead atoms. The molecular formula is C23H17N3O3. The van der Waals surface area contributed by atoms with Gasteiger partial charge < -0.3 is 19.4 Å². The number of furan rings is 1. The minimum absolute atomic E-state index is 0.205. The molecule has 0 saturated carbocycles. The normalized spacial score (nSPS) is 11.2. The van der Waals surface area contributed by atoms with E-state index >= 15 is 0 Å². The Labute approximate surface area is 166 Å². The third-order valence-corrected chi connectivity index (χ3v) is 4.93. The number of carboxylic acid groups (broad SMARTS) is 1. The van der Waals surface area contributed by atoms with Crippen molar-refractivity contribution in [1.82, 2.24) is 9.55 Å². The number of anilines is 2. The van der Waals surface area contributed by atoms with Gasteiger partial charge in [-0.1, -0.05) is 36.4 Å². The minimum atomic E-state index is -0.976. The summed E-state index contributed by atoms with van der Waals surface area (Å²) in [6, 6.07) is 22.9. The number of aromatic nitrogens is 2. The van der Waals surface area contributed by atoms with Crippen molar-refractivity contribution in [2.45, 2.75) is 6.54 Å². The van der Waals surface area contributed by atoms with E-state index in [0.717, 1.165) is 27.7 Å². The molecule has 142 valence electrons. The van der Waals surface area contributed by atoms with Crippen LogP contribution in [0.1, 0.15) is 16.1 Å². The van der Waals surface area contributed by atoms with Gasteiger partial charge in [0, 0.05) is 11.1 Å². The van der Waals surface area contributed by atoms with Gasteiger partial charge in [0.25, 0.3) is 0 Å². The van der Waals surface area contributed by atoms with Gasteiger partial charge in [-0.3, -0.25) is 0 Å². The Morgan fingerprint density at radius 3 is 2.72 bits per heavy atom. The van der Waals surface area contributed by atoms with Crippen LogP contribution in [0.4, 0.5) is 11.6 Å². The third kappa shape index (κ3) is 3.10. The van der Waals surface area contributed by atoms with Gasteiger partial charge in [-0.05, 0) is 41.8 Å². The summed E-state index contributed by atoms with van der Waals surface area (Å²) in [5, 5.41) is 15.0. The van der Waals surface area contributed by atoms with Gasteiger partial charge in [0.05, 0.1) is 29.4 Å². The Kier molecular flexibility index (Phi) is 4.02. The molecule has 0 atom stereocenters. The van der Waals surface area contributed by atoms with E-state index in [1.807, 2.05) is 41.0 Å². The molecule has 0 unspecified atom stereocenters. The molecule has 2 N–H and O–H groups in total. The monoisotopic (exact) mass is 383 g/mol. The molecule has 5 rings (SSSR count). The minimum Gasteiger partial charge on any atom is -0.478 e. The van der Waals surface area contributed by atoms with E-state index in [9.17, 15) is 9.90 Å². The van der Waals surface area contributed by atoms with Crippen LogP contribution in [-0.4, -0.2) is 20.6 Å². The number of nitrogens with one attached hydrogen (secondary N) is 1. The van der Waals surface area contributed by atoms with Gasteiger partial charge in [0.15, 0.2) is 0 Å². The number of rotatable bonds is 5. The van der Waals surface area contributed by atoms with E-state index in [4.69, 9.17) is 4.42 Å². The lowest BCUT2D eigenvalue weighted by Gasteiger charge is -2.12. The van der Waals surface area contributed by atoms with Crippen molar-refractivity contribution in [2.24, 2.45) is 0 Å². The Balaban J connectivity index is 1.65. The Bertz CT molecular complexity index is 1330. The van der Waals surface area contributed by atoms with Crippen LogP contribution >= 0.6 is 0 Å². The Hall–Kier alpha value is -4.06. The average Bonchev–Trinajstić information content (AvgIpc) is 3.36. The first kappa shape index (κ1) is 17.1. The van der Waals surface area contributed by atoms with Gasteiger partial charge in [0.2, 0.25) is 5.95 Å². The van der Waals surface area contributed by atoms with E-state index in [2.05, 4.69) is 28.5 Å². The highest BCUT2D eigenvalue weighted by Crippen LogP contribution is 2.29. The summed E-state index contributed by atoms with van der Waals surface area (Å²) in [5.41, 5.74) is 2.57. The lowest BCUT2D eigenvalue weighted by Crippen LogP contribution is -2.05. The fourth-order valence-corrected chi connectivity index (χ4v) is 3.53. The maximum Gasteiger partial charge on any atom is 0.335 e. The van der Waals surface area contributed by atoms with Crippen molar-refractivity contribution in [1.29, 1.82) is 0 Å². The van der Waals surface area contributed by atoms with E-state index < -0.39 is 5.97 Å². The number of carboxylic acids is 1. The zero-order valence-electron chi connectivity index (χ0n) is 15.4. The zero-order valence-corrected chi connectivity index (χ0v) is 15.4. The van der Waals surface area contributed by atoms with E-state index in [-0.39, 0.29) is 5.56 Å². The first-order valence-electron chi connectivity index (χ1n) is 9.20. The quantitative estimate of drug-likeness (QED) is 0.432. The highest BCUT2D eigenvalue weighted by atomic mass is 16.4. The number of fused-ring (bicyclic) bond motifs is 2. The lowest BCUT2D eigenvalue weighted by molar-refractivity contribution is 0.0697. The first-order valence-corrected chi connectivity index (χ1v) is 9.20. The van der Waals surface area contributed by atoms with Gasteiger partial charge in [-0.25, -0.2) is 9.78 Å². The van der Waals surface area contributed by atoms with Crippen LogP contribution in [0.5, 0.6) is 0 Å². The fourth-order valence-electron chi connectivity index (χ4n) is 3.53. The molecule has 0 spiro atoms. The van der Waals surface area contributed by atoms with Crippen molar-refractivity contribution in [3.8, 4) is 0 Å². The maximum absolute atomic E-state index is 11.4. The molecule has 0 aliphatic heterocycles. The molecule has 0 amide bonds. The highest BCUT2D eigenvalue weighted by Gasteiger charge is 2.15. The largest absolute Gasteiger partial charge is 0.478 e. The fraction of sp³-hybridized carbons (Fsp3) is 0.0435. The molecule has 2 heterocycles. The summed E-state index contributed by atoms with van der Waals surface area (Å²) in [5.74, 6) is 0.430. The van der Waals surface area contributed by atoms with E-state index in [1.165, 1.54) is 0 Å². The highest BCUT2D eigenvalue weighted by molar-refractivity contribution is 5.96. The Morgan fingerprint density at radius 1 is 1.03 bits per heavy atom. The van der Waals surface area contributed by atoms with Crippen LogP contribution in [-0.2, 0) is 6.54 Å². The summed E-state index contributed by atoms with van der Waals surface area (Å²) in [6.45, 7) is 0.475. The molecule has 3 aromatic carbocycles. The number of imidazole rings is 1. The SMILES string of the molecule is O=C(O)c1ccc2c(c1)nc(Nc1cccc3ccccc13)n2Cc1ccco1. The lowest BCUT2D eigenvalue weighted by atomic mass is 10.1. The van der Waals surface area contributed by atoms with Crippen LogP contribution in [0, 0.1) is 0 Å². The molecule has 0 fully saturated rings. The molecule has 6 nitrogen and oxygen atoms in total. The van der Waals surface area contributed by atoms with Crippen molar-refractivity contribution in [2.75, 3.05) is 5.32 Å². The van der Waals surface area contributed by atoms with E-state index in [0.29, 0.717) is 18.0 Å². The molecule has 0 saturated heterocycles. The van der Waals surface area contributed by atoms with Crippen molar-refractivity contribution >= 4 is 39.4 Å². The third-order valence-electron chi connectivity index (χ3n) is 4.93. The second-order valence-electron chi connectivity index (χ2n) is 6.76. The second-order valence-corrected chi connectivity index (χ2v) is 6.76. The number of hydrogen-bond acceptors (Lipinski definition) is 4. The van der Waals surface area contributed by atoms with Crippen LogP contribution in [0.3, 0.4) is 0 Å². The standard InChI is InChI=1S/C23H17N3O3/c27-22(28)16-10-11-21-20(13-16)25-23(26(21)14-17-7-4-12-29-17)24-19-9-3-6-15-5-1-2-8-18(15)19/h1-13H,14H2,(H,24,25)(H,27,28). The second kappa shape index (κ2) is 6.83. The topological polar surface area (TPSA) is 80.3 Å². The molecule has 0 radical (unpaired) electrons. The predicted molar refractivity (Wildman–Crippen MR) is 112 cm³/mol. The summed E-state index contributed by atoms with van der Waals surface area (Å²) in [4.78, 5) is 16.1. The number of nitrogens with zero attached hydrogens (tertiary/aromatic N) is 2. The molecule has 0 aliphatic rings. The summed E-state index contributed by atoms with van der Waals surface area (Å²) >= 11 is 0. The number of benzene rings is 3. The number of carbonyl (C=O) groups is 1. The van der Waals surface area contributed by atoms with Crippen LogP contribution < -0.4 is 5.32 Å². The van der Waals surface area contributed by atoms with Gasteiger partial charge in [-0.15, -0.1) is 0 Å². The summed E-state index contributed by atoms with van der Waals surface area (Å²) in [7, 11) is 0. The molecule has 5 aromatic rings. The van der Waals surface area contributed by atoms with Crippen LogP contribution in [0.25, 0.3) is 21.8 Å². The van der Waals surface area contributed by atoms with Gasteiger partial charge in [-0.2, -0.15) is 0 Å². The number of hydrogen-bond donors (Lipinski definition) is 2. The average molecular weight is 383 g/mol. The number of aromatic carboxylic acids is 1. The van der Waals surface area contributed by atoms with Crippen molar-refractivity contribution in [3.63, 3.8) is 0 Å². The first-order chi connectivity index (χ1) is 14.2. The van der Waals surface area contributed by atoms with Crippen LogP contribution in [0.15, 0.2) is 83.5 Å². The zero-order chi connectivity index (χ0) is 19.8. The predicted octanol–water partition coefficient (Wildman–Crippen LogP) is 5.27. The summed E-state index contributed by atoms with van der Waals surface area (Å²) in [6.07, 6.45) is 1.63. The van der Waals surface area contributed by atoms with E-state index in [1.54, 1.807) is 24.5 Å². The smallest absolute Gasteiger partial charge is 0.335 e. The van der Waals surface area contributed by atoms with Crippen molar-refractivity contribution in [3.05, 3.63) is 90.4 Å². The molecule has 2 aromatic heterocycles. The van der Waals surface area contributed by atoms with Crippen LogP contribution in [0.2, 0.25) is 0 Å². The Morgan fingerprint density at radius 2 is 1.90 bits per heavy atom. The maximum atomic E-state index is 11.4. The molecule has 29 heavy (non-hydrogen) atoms. The molecule has 0 aliphatic carbocycles. The molecule has 6 heteroatoms.